The van der Waals surface area contributed by atoms with Gasteiger partial charge in [-0.05, 0) is 42.0 Å². The molecular weight excluding hydrogens is 424 g/mol. The highest BCUT2D eigenvalue weighted by molar-refractivity contribution is 8.18. The van der Waals surface area contributed by atoms with Gasteiger partial charge in [0.05, 0.1) is 16.4 Å². The van der Waals surface area contributed by atoms with E-state index in [1.807, 2.05) is 0 Å². The van der Waals surface area contributed by atoms with Crippen LogP contribution in [-0.2, 0) is 19.4 Å². The fourth-order valence-corrected chi connectivity index (χ4v) is 5.84. The van der Waals surface area contributed by atoms with Crippen molar-refractivity contribution in [2.45, 2.75) is 18.9 Å². The summed E-state index contributed by atoms with van der Waals surface area (Å²) in [5.74, 6) is -0.694. The van der Waals surface area contributed by atoms with Crippen molar-refractivity contribution in [1.82, 2.24) is 9.80 Å². The molecule has 150 valence electrons. The Morgan fingerprint density at radius 2 is 2.00 bits per heavy atom. The second-order valence-electron chi connectivity index (χ2n) is 6.70. The molecule has 2 saturated heterocycles. The number of sulfone groups is 1. The van der Waals surface area contributed by atoms with Gasteiger partial charge in [-0.2, -0.15) is 0 Å². The van der Waals surface area contributed by atoms with Crippen molar-refractivity contribution >= 4 is 56.3 Å². The minimum atomic E-state index is -3.09. The SMILES string of the molecule is CN(C(=O)CCN1C(=O)SC(=Cc2ccc(Cl)cc2)C1=O)C1CCS(=O)(=O)C1. The van der Waals surface area contributed by atoms with Gasteiger partial charge < -0.3 is 4.90 Å². The van der Waals surface area contributed by atoms with Gasteiger partial charge in [0, 0.05) is 31.1 Å². The molecule has 0 bridgehead atoms. The monoisotopic (exact) mass is 442 g/mol. The third kappa shape index (κ3) is 4.76. The molecule has 2 heterocycles. The number of halogens is 1. The first-order chi connectivity index (χ1) is 13.2. The molecule has 0 aliphatic carbocycles. The Balaban J connectivity index is 1.60. The maximum Gasteiger partial charge on any atom is 0.293 e. The summed E-state index contributed by atoms with van der Waals surface area (Å²) in [6.07, 6.45) is 1.98. The van der Waals surface area contributed by atoms with Crippen molar-refractivity contribution in [3.63, 3.8) is 0 Å². The third-order valence-corrected chi connectivity index (χ3v) is 7.65. The summed E-state index contributed by atoms with van der Waals surface area (Å²) in [4.78, 5) is 39.8. The molecule has 1 aromatic carbocycles. The van der Waals surface area contributed by atoms with Crippen LogP contribution in [0.5, 0.6) is 0 Å². The zero-order valence-corrected chi connectivity index (χ0v) is 17.5. The Labute approximate surface area is 172 Å². The number of hydrogen-bond donors (Lipinski definition) is 0. The number of benzene rings is 1. The van der Waals surface area contributed by atoms with E-state index < -0.39 is 21.0 Å². The van der Waals surface area contributed by atoms with Gasteiger partial charge in [-0.25, -0.2) is 8.42 Å². The van der Waals surface area contributed by atoms with Crippen molar-refractivity contribution in [3.8, 4) is 0 Å². The molecule has 28 heavy (non-hydrogen) atoms. The van der Waals surface area contributed by atoms with Crippen LogP contribution in [0.2, 0.25) is 5.02 Å². The predicted octanol–water partition coefficient (Wildman–Crippen LogP) is 2.41. The minimum Gasteiger partial charge on any atom is -0.342 e. The zero-order valence-electron chi connectivity index (χ0n) is 15.1. The van der Waals surface area contributed by atoms with E-state index in [-0.39, 0.29) is 41.3 Å². The highest BCUT2D eigenvalue weighted by atomic mass is 35.5. The van der Waals surface area contributed by atoms with Crippen LogP contribution >= 0.6 is 23.4 Å². The van der Waals surface area contributed by atoms with E-state index in [1.165, 1.54) is 4.90 Å². The number of carbonyl (C=O) groups excluding carboxylic acids is 3. The summed E-state index contributed by atoms with van der Waals surface area (Å²) in [7, 11) is -1.54. The molecule has 0 saturated carbocycles. The molecule has 2 aliphatic rings. The lowest BCUT2D eigenvalue weighted by Gasteiger charge is -2.24. The number of hydrogen-bond acceptors (Lipinski definition) is 6. The minimum absolute atomic E-state index is 0.0364. The highest BCUT2D eigenvalue weighted by Crippen LogP contribution is 2.32. The van der Waals surface area contributed by atoms with Gasteiger partial charge >= 0.3 is 0 Å². The second kappa shape index (κ2) is 8.26. The van der Waals surface area contributed by atoms with Crippen LogP contribution in [0.1, 0.15) is 18.4 Å². The summed E-state index contributed by atoms with van der Waals surface area (Å²) in [6.45, 7) is -0.0364. The van der Waals surface area contributed by atoms with E-state index in [1.54, 1.807) is 37.4 Å². The first-order valence-corrected chi connectivity index (χ1v) is 11.6. The van der Waals surface area contributed by atoms with Crippen LogP contribution in [0, 0.1) is 0 Å². The molecule has 1 unspecified atom stereocenters. The summed E-state index contributed by atoms with van der Waals surface area (Å²) in [5, 5.41) is 0.145. The molecule has 10 heteroatoms. The van der Waals surface area contributed by atoms with Gasteiger partial charge in [0.2, 0.25) is 5.91 Å². The second-order valence-corrected chi connectivity index (χ2v) is 10.4. The number of carbonyl (C=O) groups is 3. The molecule has 0 N–H and O–H groups in total. The van der Waals surface area contributed by atoms with Gasteiger partial charge in [-0.1, -0.05) is 23.7 Å². The Morgan fingerprint density at radius 1 is 1.32 bits per heavy atom. The summed E-state index contributed by atoms with van der Waals surface area (Å²) in [5.41, 5.74) is 0.744. The van der Waals surface area contributed by atoms with Crippen molar-refractivity contribution < 1.29 is 22.8 Å². The van der Waals surface area contributed by atoms with Crippen LogP contribution in [0.3, 0.4) is 0 Å². The maximum atomic E-state index is 12.5. The molecule has 2 aliphatic heterocycles. The van der Waals surface area contributed by atoms with E-state index in [2.05, 4.69) is 0 Å². The molecule has 2 fully saturated rings. The maximum absolute atomic E-state index is 12.5. The molecule has 0 aromatic heterocycles. The van der Waals surface area contributed by atoms with Crippen molar-refractivity contribution in [2.75, 3.05) is 25.1 Å². The Hall–Kier alpha value is -1.84. The molecule has 0 radical (unpaired) electrons. The largest absolute Gasteiger partial charge is 0.342 e. The number of rotatable bonds is 5. The first-order valence-electron chi connectivity index (χ1n) is 8.63. The van der Waals surface area contributed by atoms with Crippen LogP contribution in [0.4, 0.5) is 4.79 Å². The molecule has 3 rings (SSSR count). The van der Waals surface area contributed by atoms with Crippen molar-refractivity contribution in [2.24, 2.45) is 0 Å². The smallest absolute Gasteiger partial charge is 0.293 e. The molecule has 3 amide bonds. The van der Waals surface area contributed by atoms with E-state index in [4.69, 9.17) is 11.6 Å². The molecule has 7 nitrogen and oxygen atoms in total. The van der Waals surface area contributed by atoms with Crippen molar-refractivity contribution in [1.29, 1.82) is 0 Å². The molecule has 0 spiro atoms. The molecular formula is C18H19ClN2O5S2. The molecule has 1 aromatic rings. The van der Waals surface area contributed by atoms with Crippen LogP contribution in [0.15, 0.2) is 29.2 Å². The van der Waals surface area contributed by atoms with E-state index in [9.17, 15) is 22.8 Å². The van der Waals surface area contributed by atoms with Crippen LogP contribution in [0.25, 0.3) is 6.08 Å². The van der Waals surface area contributed by atoms with Gasteiger partial charge in [-0.3, -0.25) is 19.3 Å². The summed E-state index contributed by atoms with van der Waals surface area (Å²) >= 11 is 6.67. The lowest BCUT2D eigenvalue weighted by molar-refractivity contribution is -0.132. The fourth-order valence-electron chi connectivity index (χ4n) is 3.07. The third-order valence-electron chi connectivity index (χ3n) is 4.74. The number of nitrogens with zero attached hydrogens (tertiary/aromatic N) is 2. The number of imide groups is 1. The number of thioether (sulfide) groups is 1. The van der Waals surface area contributed by atoms with Gasteiger partial charge in [0.15, 0.2) is 9.84 Å². The summed E-state index contributed by atoms with van der Waals surface area (Å²) < 4.78 is 23.1. The predicted molar refractivity (Wildman–Crippen MR) is 109 cm³/mol. The standard InChI is InChI=1S/C18H19ClN2O5S2/c1-20(14-7-9-28(25,26)11-14)16(22)6-8-21-17(23)15(27-18(21)24)10-12-2-4-13(19)5-3-12/h2-5,10,14H,6-9,11H2,1H3. The average molecular weight is 443 g/mol. The van der Waals surface area contributed by atoms with E-state index >= 15 is 0 Å². The summed E-state index contributed by atoms with van der Waals surface area (Å²) in [6, 6.07) is 6.51. The Morgan fingerprint density at radius 3 is 2.61 bits per heavy atom. The topological polar surface area (TPSA) is 91.8 Å². The first kappa shape index (κ1) is 20.9. The van der Waals surface area contributed by atoms with Gasteiger partial charge in [0.25, 0.3) is 11.1 Å². The van der Waals surface area contributed by atoms with Crippen LogP contribution < -0.4 is 0 Å². The van der Waals surface area contributed by atoms with Crippen LogP contribution in [-0.4, -0.2) is 66.4 Å². The normalized spacial score (nSPS) is 22.9. The highest BCUT2D eigenvalue weighted by Gasteiger charge is 2.36. The Kier molecular flexibility index (Phi) is 6.16. The lowest BCUT2D eigenvalue weighted by atomic mass is 10.2. The van der Waals surface area contributed by atoms with Gasteiger partial charge in [0.1, 0.15) is 0 Å². The quantitative estimate of drug-likeness (QED) is 0.650. The number of amides is 3. The zero-order chi connectivity index (χ0) is 20.5. The average Bonchev–Trinajstić information content (AvgIpc) is 3.13. The Bertz CT molecular complexity index is 943. The van der Waals surface area contributed by atoms with Crippen molar-refractivity contribution in [3.05, 3.63) is 39.8 Å². The molecule has 1 atom stereocenters. The lowest BCUT2D eigenvalue weighted by Crippen LogP contribution is -2.40. The van der Waals surface area contributed by atoms with Gasteiger partial charge in [-0.15, -0.1) is 0 Å². The van der Waals surface area contributed by atoms with E-state index in [0.717, 1.165) is 22.2 Å². The fraction of sp³-hybridized carbons (Fsp3) is 0.389. The van der Waals surface area contributed by atoms with E-state index in [0.29, 0.717) is 11.4 Å².